The Balaban J connectivity index is 2.23. The molecule has 0 amide bonds. The first-order valence-corrected chi connectivity index (χ1v) is 9.73. The predicted molar refractivity (Wildman–Crippen MR) is 90.8 cm³/mol. The molecule has 0 spiro atoms. The average Bonchev–Trinajstić information content (AvgIpc) is 2.78. The molecule has 0 aliphatic carbocycles. The quantitative estimate of drug-likeness (QED) is 0.684. The van der Waals surface area contributed by atoms with Crippen LogP contribution in [0, 0.1) is 0 Å². The van der Waals surface area contributed by atoms with E-state index in [0.29, 0.717) is 10.7 Å². The molecule has 22 heavy (non-hydrogen) atoms. The molecule has 1 aromatic rings. The van der Waals surface area contributed by atoms with Gasteiger partial charge in [-0.05, 0) is 25.0 Å². The van der Waals surface area contributed by atoms with Crippen molar-refractivity contribution in [1.82, 2.24) is 4.90 Å². The number of sulfonamides is 1. The molecule has 2 rings (SSSR count). The first-order valence-electron chi connectivity index (χ1n) is 8.29. The minimum atomic E-state index is -3.51. The lowest BCUT2D eigenvalue weighted by atomic mass is 10.1. The number of fused-ring (bicyclic) bond motifs is 1. The van der Waals surface area contributed by atoms with E-state index in [-0.39, 0.29) is 0 Å². The minimum absolute atomic E-state index is 0.348. The molecule has 0 fully saturated rings. The fourth-order valence-corrected chi connectivity index (χ4v) is 3.97. The summed E-state index contributed by atoms with van der Waals surface area (Å²) in [6, 6.07) is 7.15. The maximum Gasteiger partial charge on any atom is 0.285 e. The van der Waals surface area contributed by atoms with Gasteiger partial charge in [-0.15, -0.1) is 4.40 Å². The summed E-state index contributed by atoms with van der Waals surface area (Å²) in [5, 5.41) is 0. The van der Waals surface area contributed by atoms with Crippen LogP contribution >= 0.6 is 0 Å². The van der Waals surface area contributed by atoms with Gasteiger partial charge >= 0.3 is 0 Å². The van der Waals surface area contributed by atoms with E-state index in [1.54, 1.807) is 12.1 Å². The van der Waals surface area contributed by atoms with E-state index >= 15 is 0 Å². The van der Waals surface area contributed by atoms with Gasteiger partial charge in [0, 0.05) is 18.7 Å². The SMILES string of the molecule is CCCCCN(CCCCC)C1=NS(=O)(=O)c2ccccc21. The number of amidine groups is 1. The normalized spacial score (nSPS) is 15.5. The lowest BCUT2D eigenvalue weighted by Gasteiger charge is -2.24. The van der Waals surface area contributed by atoms with Crippen LogP contribution < -0.4 is 0 Å². The zero-order valence-electron chi connectivity index (χ0n) is 13.6. The molecule has 1 heterocycles. The van der Waals surface area contributed by atoms with Gasteiger partial charge in [-0.25, -0.2) is 0 Å². The Labute approximate surface area is 134 Å². The Hall–Kier alpha value is -1.36. The molecular weight excluding hydrogens is 296 g/mol. The summed E-state index contributed by atoms with van der Waals surface area (Å²) in [6.45, 7) is 6.10. The molecule has 0 atom stereocenters. The Bertz CT molecular complexity index is 613. The molecule has 0 radical (unpaired) electrons. The third-order valence-electron chi connectivity index (χ3n) is 3.98. The molecular formula is C17H26N2O2S. The minimum Gasteiger partial charge on any atom is -0.355 e. The second-order valence-electron chi connectivity index (χ2n) is 5.79. The van der Waals surface area contributed by atoms with Crippen molar-refractivity contribution in [1.29, 1.82) is 0 Å². The highest BCUT2D eigenvalue weighted by Crippen LogP contribution is 2.27. The van der Waals surface area contributed by atoms with Crippen molar-refractivity contribution in [3.8, 4) is 0 Å². The molecule has 0 N–H and O–H groups in total. The summed E-state index contributed by atoms with van der Waals surface area (Å²) in [4.78, 5) is 2.51. The summed E-state index contributed by atoms with van der Waals surface area (Å²) >= 11 is 0. The van der Waals surface area contributed by atoms with Crippen LogP contribution in [0.2, 0.25) is 0 Å². The molecule has 0 bridgehead atoms. The number of hydrogen-bond acceptors (Lipinski definition) is 3. The lowest BCUT2D eigenvalue weighted by Crippen LogP contribution is -2.33. The van der Waals surface area contributed by atoms with Crippen molar-refractivity contribution in [3.05, 3.63) is 29.8 Å². The van der Waals surface area contributed by atoms with Gasteiger partial charge in [0.25, 0.3) is 10.0 Å². The van der Waals surface area contributed by atoms with Crippen LogP contribution in [-0.2, 0) is 10.0 Å². The first kappa shape index (κ1) is 17.0. The van der Waals surface area contributed by atoms with Gasteiger partial charge < -0.3 is 4.90 Å². The summed E-state index contributed by atoms with van der Waals surface area (Å²) < 4.78 is 28.5. The third kappa shape index (κ3) is 3.88. The molecule has 0 saturated carbocycles. The van der Waals surface area contributed by atoms with Gasteiger partial charge in [0.2, 0.25) is 0 Å². The van der Waals surface area contributed by atoms with E-state index in [1.807, 2.05) is 12.1 Å². The summed E-state index contributed by atoms with van der Waals surface area (Å²) in [6.07, 6.45) is 6.78. The Morgan fingerprint density at radius 1 is 0.955 bits per heavy atom. The number of rotatable bonds is 8. The summed E-state index contributed by atoms with van der Waals surface area (Å²) in [5.74, 6) is 0.641. The van der Waals surface area contributed by atoms with Crippen molar-refractivity contribution in [3.63, 3.8) is 0 Å². The van der Waals surface area contributed by atoms with Crippen molar-refractivity contribution in [2.45, 2.75) is 57.3 Å². The fourth-order valence-electron chi connectivity index (χ4n) is 2.75. The van der Waals surface area contributed by atoms with Gasteiger partial charge in [0.15, 0.2) is 5.84 Å². The first-order chi connectivity index (χ1) is 10.6. The van der Waals surface area contributed by atoms with E-state index in [0.717, 1.165) is 57.2 Å². The van der Waals surface area contributed by atoms with Crippen LogP contribution in [0.4, 0.5) is 0 Å². The van der Waals surface area contributed by atoms with Crippen LogP contribution in [0.1, 0.15) is 57.9 Å². The summed E-state index contributed by atoms with van der Waals surface area (Å²) in [5.41, 5.74) is 0.760. The smallest absolute Gasteiger partial charge is 0.285 e. The number of nitrogens with zero attached hydrogens (tertiary/aromatic N) is 2. The van der Waals surface area contributed by atoms with Gasteiger partial charge in [-0.1, -0.05) is 51.7 Å². The molecule has 1 aromatic carbocycles. The maximum absolute atomic E-state index is 12.2. The number of unbranched alkanes of at least 4 members (excludes halogenated alkanes) is 4. The van der Waals surface area contributed by atoms with E-state index in [1.165, 1.54) is 0 Å². The monoisotopic (exact) mass is 322 g/mol. The van der Waals surface area contributed by atoms with Crippen LogP contribution in [0.5, 0.6) is 0 Å². The van der Waals surface area contributed by atoms with Crippen molar-refractivity contribution in [2.24, 2.45) is 4.40 Å². The van der Waals surface area contributed by atoms with Crippen LogP contribution in [0.25, 0.3) is 0 Å². The molecule has 122 valence electrons. The molecule has 0 saturated heterocycles. The van der Waals surface area contributed by atoms with Gasteiger partial charge in [0.1, 0.15) is 4.90 Å². The maximum atomic E-state index is 12.2. The summed E-state index contributed by atoms with van der Waals surface area (Å²) in [7, 11) is -3.51. The van der Waals surface area contributed by atoms with Gasteiger partial charge in [0.05, 0.1) is 0 Å². The highest BCUT2D eigenvalue weighted by molar-refractivity contribution is 7.90. The van der Waals surface area contributed by atoms with Gasteiger partial charge in [-0.2, -0.15) is 8.42 Å². The molecule has 5 heteroatoms. The largest absolute Gasteiger partial charge is 0.355 e. The number of hydrogen-bond donors (Lipinski definition) is 0. The second-order valence-corrected chi connectivity index (χ2v) is 7.36. The van der Waals surface area contributed by atoms with E-state index in [9.17, 15) is 8.42 Å². The molecule has 1 aliphatic rings. The Kier molecular flexibility index (Phi) is 6.00. The predicted octanol–water partition coefficient (Wildman–Crippen LogP) is 3.82. The van der Waals surface area contributed by atoms with E-state index < -0.39 is 10.0 Å². The van der Waals surface area contributed by atoms with E-state index in [2.05, 4.69) is 23.1 Å². The Morgan fingerprint density at radius 3 is 2.14 bits per heavy atom. The lowest BCUT2D eigenvalue weighted by molar-refractivity contribution is 0.391. The topological polar surface area (TPSA) is 49.7 Å². The highest BCUT2D eigenvalue weighted by Gasteiger charge is 2.31. The fraction of sp³-hybridized carbons (Fsp3) is 0.588. The standard InChI is InChI=1S/C17H26N2O2S/c1-3-5-9-13-19(14-10-6-4-2)17-15-11-7-8-12-16(15)22(20,21)18-17/h7-8,11-12H,3-6,9-10,13-14H2,1-2H3. The Morgan fingerprint density at radius 2 is 1.55 bits per heavy atom. The molecule has 4 nitrogen and oxygen atoms in total. The van der Waals surface area contributed by atoms with Crippen LogP contribution in [0.15, 0.2) is 33.6 Å². The van der Waals surface area contributed by atoms with Crippen molar-refractivity contribution < 1.29 is 8.42 Å². The van der Waals surface area contributed by atoms with Crippen LogP contribution in [0.3, 0.4) is 0 Å². The third-order valence-corrected chi connectivity index (χ3v) is 5.30. The van der Waals surface area contributed by atoms with Gasteiger partial charge in [-0.3, -0.25) is 0 Å². The highest BCUT2D eigenvalue weighted by atomic mass is 32.2. The number of benzene rings is 1. The van der Waals surface area contributed by atoms with Crippen LogP contribution in [-0.4, -0.2) is 32.2 Å². The average molecular weight is 322 g/mol. The second kappa shape index (κ2) is 7.77. The molecule has 0 aromatic heterocycles. The molecule has 0 unspecified atom stereocenters. The zero-order valence-corrected chi connectivity index (χ0v) is 14.4. The van der Waals surface area contributed by atoms with Crippen molar-refractivity contribution in [2.75, 3.05) is 13.1 Å². The van der Waals surface area contributed by atoms with E-state index in [4.69, 9.17) is 0 Å². The zero-order chi connectivity index (χ0) is 16.0. The van der Waals surface area contributed by atoms with Crippen molar-refractivity contribution >= 4 is 15.9 Å². The molecule has 1 aliphatic heterocycles.